The first kappa shape index (κ1) is 32.0. The first-order valence-corrected chi connectivity index (χ1v) is 13.7. The molecule has 3 heterocycles. The standard InChI is InChI=1S/C29H34F4N6O4/c1-18-12-20(30)8-7-19(18)14-43-15-22(36-25(41)27(2,3)34)24(40)38-11-9-23-28(16-38,13-21-6-4-5-10-35-21)26(42)39(37-23)17-29(31,32)33/h4-8,10,12,22H,9,11,13-17,34H2,1-3H3,(H,36,41). The van der Waals surface area contributed by atoms with Gasteiger partial charge in [0.25, 0.3) is 5.91 Å². The summed E-state index contributed by atoms with van der Waals surface area (Å²) < 4.78 is 59.2. The van der Waals surface area contributed by atoms with E-state index in [9.17, 15) is 31.9 Å². The Morgan fingerprint density at radius 3 is 2.58 bits per heavy atom. The molecule has 0 saturated carbocycles. The van der Waals surface area contributed by atoms with Crippen LogP contribution in [0.15, 0.2) is 47.7 Å². The van der Waals surface area contributed by atoms with Gasteiger partial charge in [-0.1, -0.05) is 12.1 Å². The third kappa shape index (κ3) is 7.54. The number of pyridine rings is 1. The summed E-state index contributed by atoms with van der Waals surface area (Å²) in [5.74, 6) is -2.53. The van der Waals surface area contributed by atoms with Gasteiger partial charge in [-0.05, 0) is 56.2 Å². The number of nitrogens with one attached hydrogen (secondary N) is 1. The first-order chi connectivity index (χ1) is 20.1. The fraction of sp³-hybridized carbons (Fsp3) is 0.483. The number of nitrogens with zero attached hydrogens (tertiary/aromatic N) is 4. The predicted octanol–water partition coefficient (Wildman–Crippen LogP) is 2.49. The summed E-state index contributed by atoms with van der Waals surface area (Å²) in [6.45, 7) is 2.58. The van der Waals surface area contributed by atoms with Gasteiger partial charge in [-0.15, -0.1) is 0 Å². The molecule has 2 aliphatic rings. The van der Waals surface area contributed by atoms with Gasteiger partial charge >= 0.3 is 6.18 Å². The summed E-state index contributed by atoms with van der Waals surface area (Å²) in [7, 11) is 0. The zero-order valence-corrected chi connectivity index (χ0v) is 24.1. The van der Waals surface area contributed by atoms with Crippen LogP contribution in [0.25, 0.3) is 0 Å². The molecule has 3 amide bonds. The number of rotatable bonds is 10. The van der Waals surface area contributed by atoms with Crippen molar-refractivity contribution < 1.29 is 36.7 Å². The minimum Gasteiger partial charge on any atom is -0.374 e. The number of halogens is 4. The van der Waals surface area contributed by atoms with E-state index in [1.165, 1.54) is 37.1 Å². The van der Waals surface area contributed by atoms with Crippen molar-refractivity contribution >= 4 is 23.4 Å². The number of carbonyl (C=O) groups is 3. The summed E-state index contributed by atoms with van der Waals surface area (Å²) in [5, 5.41) is 7.06. The lowest BCUT2D eigenvalue weighted by Crippen LogP contribution is -2.62. The number of fused-ring (bicyclic) bond motifs is 1. The molecule has 0 spiro atoms. The third-order valence-corrected chi connectivity index (χ3v) is 7.40. The Bertz CT molecular complexity index is 1400. The number of amides is 3. The minimum atomic E-state index is -4.68. The summed E-state index contributed by atoms with van der Waals surface area (Å²) in [6.07, 6.45) is -3.21. The van der Waals surface area contributed by atoms with Crippen molar-refractivity contribution in [3.8, 4) is 0 Å². The molecule has 3 N–H and O–H groups in total. The van der Waals surface area contributed by atoms with Crippen LogP contribution in [0, 0.1) is 18.2 Å². The topological polar surface area (TPSA) is 130 Å². The number of hydrogen-bond donors (Lipinski definition) is 2. The van der Waals surface area contributed by atoms with Crippen molar-refractivity contribution in [3.05, 3.63) is 65.2 Å². The van der Waals surface area contributed by atoms with Crippen LogP contribution in [0.1, 0.15) is 37.1 Å². The lowest BCUT2D eigenvalue weighted by molar-refractivity contribution is -0.164. The van der Waals surface area contributed by atoms with Crippen molar-refractivity contribution in [2.75, 3.05) is 26.2 Å². The van der Waals surface area contributed by atoms with E-state index >= 15 is 0 Å². The number of likely N-dealkylation sites (tertiary alicyclic amines) is 1. The second kappa shape index (κ2) is 12.4. The van der Waals surface area contributed by atoms with Gasteiger partial charge in [-0.2, -0.15) is 18.3 Å². The normalized spacial score (nSPS) is 19.6. The van der Waals surface area contributed by atoms with Gasteiger partial charge in [0.1, 0.15) is 23.8 Å². The summed E-state index contributed by atoms with van der Waals surface area (Å²) in [6, 6.07) is 7.94. The highest BCUT2D eigenvalue weighted by molar-refractivity contribution is 6.13. The predicted molar refractivity (Wildman–Crippen MR) is 148 cm³/mol. The van der Waals surface area contributed by atoms with E-state index in [2.05, 4.69) is 15.4 Å². The molecule has 1 saturated heterocycles. The quantitative estimate of drug-likeness (QED) is 0.400. The number of hydrogen-bond acceptors (Lipinski definition) is 7. The molecule has 2 aromatic rings. The van der Waals surface area contributed by atoms with E-state index in [1.807, 2.05) is 0 Å². The van der Waals surface area contributed by atoms with Crippen LogP contribution < -0.4 is 11.1 Å². The first-order valence-electron chi connectivity index (χ1n) is 13.7. The Hall–Kier alpha value is -3.91. The lowest BCUT2D eigenvalue weighted by atomic mass is 9.74. The molecule has 232 valence electrons. The molecular formula is C29H34F4N6O4. The second-order valence-corrected chi connectivity index (χ2v) is 11.4. The molecule has 0 bridgehead atoms. The van der Waals surface area contributed by atoms with Crippen LogP contribution in [0.3, 0.4) is 0 Å². The SMILES string of the molecule is Cc1cc(F)ccc1COCC(NC(=O)C(C)(C)N)C(=O)N1CCC2=NN(CC(F)(F)F)C(=O)C2(Cc2ccccn2)C1. The molecule has 0 aliphatic carbocycles. The molecule has 14 heteroatoms. The molecular weight excluding hydrogens is 572 g/mol. The molecule has 1 aromatic carbocycles. The molecule has 43 heavy (non-hydrogen) atoms. The summed E-state index contributed by atoms with van der Waals surface area (Å²) >= 11 is 0. The van der Waals surface area contributed by atoms with E-state index in [0.717, 1.165) is 0 Å². The zero-order valence-electron chi connectivity index (χ0n) is 24.1. The van der Waals surface area contributed by atoms with E-state index in [4.69, 9.17) is 10.5 Å². The van der Waals surface area contributed by atoms with E-state index < -0.39 is 53.3 Å². The number of piperidine rings is 1. The van der Waals surface area contributed by atoms with Gasteiger partial charge in [0.2, 0.25) is 11.8 Å². The molecule has 1 aromatic heterocycles. The minimum absolute atomic E-state index is 0.0170. The highest BCUT2D eigenvalue weighted by atomic mass is 19.4. The highest BCUT2D eigenvalue weighted by Crippen LogP contribution is 2.39. The van der Waals surface area contributed by atoms with Gasteiger partial charge in [0.15, 0.2) is 0 Å². The van der Waals surface area contributed by atoms with Crippen LogP contribution in [-0.4, -0.2) is 82.3 Å². The Morgan fingerprint density at radius 2 is 1.95 bits per heavy atom. The maximum Gasteiger partial charge on any atom is 0.408 e. The fourth-order valence-electron chi connectivity index (χ4n) is 5.11. The Morgan fingerprint density at radius 1 is 1.21 bits per heavy atom. The van der Waals surface area contributed by atoms with Gasteiger partial charge in [-0.25, -0.2) is 9.40 Å². The van der Waals surface area contributed by atoms with E-state index in [0.29, 0.717) is 21.8 Å². The number of alkyl halides is 3. The van der Waals surface area contributed by atoms with Gasteiger partial charge in [0, 0.05) is 37.8 Å². The van der Waals surface area contributed by atoms with Crippen molar-refractivity contribution in [2.24, 2.45) is 16.3 Å². The Balaban J connectivity index is 1.59. The maximum atomic E-state index is 13.9. The Kier molecular flexibility index (Phi) is 9.21. The zero-order chi connectivity index (χ0) is 31.6. The highest BCUT2D eigenvalue weighted by Gasteiger charge is 2.56. The number of aromatic nitrogens is 1. The molecule has 2 unspecified atom stereocenters. The number of hydrazone groups is 1. The molecule has 0 radical (unpaired) electrons. The van der Waals surface area contributed by atoms with Crippen molar-refractivity contribution in [1.29, 1.82) is 0 Å². The van der Waals surface area contributed by atoms with Crippen molar-refractivity contribution in [3.63, 3.8) is 0 Å². The number of ether oxygens (including phenoxy) is 1. The summed E-state index contributed by atoms with van der Waals surface area (Å²) in [5.41, 5.74) is 5.03. The monoisotopic (exact) mass is 606 g/mol. The number of nitrogens with two attached hydrogens (primary N) is 1. The van der Waals surface area contributed by atoms with Crippen molar-refractivity contribution in [1.82, 2.24) is 20.2 Å². The third-order valence-electron chi connectivity index (χ3n) is 7.40. The number of carbonyl (C=O) groups excluding carboxylic acids is 3. The van der Waals surface area contributed by atoms with Crippen molar-refractivity contribution in [2.45, 2.75) is 58.0 Å². The van der Waals surface area contributed by atoms with Crippen LogP contribution in [-0.2, 0) is 32.1 Å². The molecule has 1 fully saturated rings. The van der Waals surface area contributed by atoms with E-state index in [1.54, 1.807) is 31.2 Å². The lowest BCUT2D eigenvalue weighted by Gasteiger charge is -2.40. The smallest absolute Gasteiger partial charge is 0.374 e. The average Bonchev–Trinajstić information content (AvgIpc) is 3.17. The fourth-order valence-corrected chi connectivity index (χ4v) is 5.11. The molecule has 2 aliphatic heterocycles. The number of benzene rings is 1. The molecule has 10 nitrogen and oxygen atoms in total. The van der Waals surface area contributed by atoms with Gasteiger partial charge < -0.3 is 20.7 Å². The van der Waals surface area contributed by atoms with E-state index in [-0.39, 0.29) is 44.9 Å². The number of aryl methyl sites for hydroxylation is 1. The van der Waals surface area contributed by atoms with Crippen LogP contribution in [0.5, 0.6) is 0 Å². The largest absolute Gasteiger partial charge is 0.408 e. The molecule has 2 atom stereocenters. The Labute approximate surface area is 246 Å². The van der Waals surface area contributed by atoms with Gasteiger partial charge in [-0.3, -0.25) is 19.4 Å². The van der Waals surface area contributed by atoms with Gasteiger partial charge in [0.05, 0.1) is 24.5 Å². The molecule has 4 rings (SSSR count). The summed E-state index contributed by atoms with van der Waals surface area (Å²) in [4.78, 5) is 45.9. The van der Waals surface area contributed by atoms with Crippen LogP contribution in [0.4, 0.5) is 17.6 Å². The van der Waals surface area contributed by atoms with Crippen LogP contribution in [0.2, 0.25) is 0 Å². The maximum absolute atomic E-state index is 13.9. The average molecular weight is 607 g/mol. The second-order valence-electron chi connectivity index (χ2n) is 11.4. The van der Waals surface area contributed by atoms with Crippen LogP contribution >= 0.6 is 0 Å².